The predicted molar refractivity (Wildman–Crippen MR) is 167 cm³/mol. The van der Waals surface area contributed by atoms with Crippen LogP contribution in [0.4, 0.5) is 0 Å². The maximum atomic E-state index is 13.4. The van der Waals surface area contributed by atoms with Crippen LogP contribution in [0.5, 0.6) is 0 Å². The summed E-state index contributed by atoms with van der Waals surface area (Å²) >= 11 is -1.04. The second-order valence-corrected chi connectivity index (χ2v) is 13.5. The Hall–Kier alpha value is -5.34. The second kappa shape index (κ2) is 15.0. The van der Waals surface area contributed by atoms with E-state index in [9.17, 15) is 24.0 Å². The van der Waals surface area contributed by atoms with Gasteiger partial charge in [-0.2, -0.15) is 0 Å². The predicted octanol–water partition coefficient (Wildman–Crippen LogP) is 0.871. The van der Waals surface area contributed by atoms with Crippen molar-refractivity contribution in [1.29, 1.82) is 0 Å². The maximum absolute atomic E-state index is 13.4. The van der Waals surface area contributed by atoms with Crippen LogP contribution >= 0.6 is 0 Å². The van der Waals surface area contributed by atoms with Crippen molar-refractivity contribution in [2.45, 2.75) is 24.5 Å². The number of aromatic amines is 1. The largest absolute Gasteiger partial charge is 0.459 e. The van der Waals surface area contributed by atoms with Gasteiger partial charge in [-0.1, -0.05) is 72.8 Å². The van der Waals surface area contributed by atoms with Crippen LogP contribution in [-0.2, 0) is 18.9 Å². The summed E-state index contributed by atoms with van der Waals surface area (Å²) in [6.45, 7) is -0.418. The average Bonchev–Trinajstić information content (AvgIpc) is 3.45. The standard InChI is InChI=1S/C36H27IN2O9/c40-31-27(37-26-19-11-4-12-20-26)21-39(36(44)38-31)32-30(48-35(43)25-17-9-3-10-18-25)29(47-34(42)24-15-7-2-8-16-24)28(46-32)22-45-33(41)23-13-5-1-6-14-23/h1-21,28-30,32H,22H2/p+1/t28-,29-,30-,32-/m1/s1. The van der Waals surface area contributed by atoms with E-state index < -0.39 is 81.5 Å². The van der Waals surface area contributed by atoms with E-state index >= 15 is 0 Å². The molecular weight excluding hydrogens is 731 g/mol. The molecule has 12 heteroatoms. The van der Waals surface area contributed by atoms with Crippen molar-refractivity contribution in [2.75, 3.05) is 6.61 Å². The molecule has 0 unspecified atom stereocenters. The third kappa shape index (κ3) is 7.61. The van der Waals surface area contributed by atoms with Gasteiger partial charge in [0.2, 0.25) is 0 Å². The molecular formula is C36H28IN2O9+. The lowest BCUT2D eigenvalue weighted by Gasteiger charge is -2.25. The van der Waals surface area contributed by atoms with Crippen LogP contribution in [0, 0.1) is 7.14 Å². The summed E-state index contributed by atoms with van der Waals surface area (Å²) in [6, 6.07) is 33.9. The van der Waals surface area contributed by atoms with Gasteiger partial charge < -0.3 is 18.9 Å². The fourth-order valence-electron chi connectivity index (χ4n) is 4.99. The van der Waals surface area contributed by atoms with E-state index in [0.717, 1.165) is 8.14 Å². The number of nitrogens with one attached hydrogen (secondary N) is 1. The Morgan fingerprint density at radius 3 is 1.69 bits per heavy atom. The first-order chi connectivity index (χ1) is 23.4. The number of carbonyl (C=O) groups is 3. The second-order valence-electron chi connectivity index (χ2n) is 10.5. The van der Waals surface area contributed by atoms with Gasteiger partial charge in [0.1, 0.15) is 12.7 Å². The molecule has 6 rings (SSSR count). The van der Waals surface area contributed by atoms with Crippen LogP contribution in [0.1, 0.15) is 37.3 Å². The maximum Gasteiger partial charge on any atom is 0.365 e. The molecule has 0 aliphatic carbocycles. The van der Waals surface area contributed by atoms with Crippen LogP contribution in [0.25, 0.3) is 0 Å². The minimum absolute atomic E-state index is 0.202. The summed E-state index contributed by atoms with van der Waals surface area (Å²) in [5.41, 5.74) is -0.688. The van der Waals surface area contributed by atoms with Crippen molar-refractivity contribution in [2.24, 2.45) is 0 Å². The molecule has 4 atom stereocenters. The van der Waals surface area contributed by atoms with Crippen molar-refractivity contribution >= 4 is 17.9 Å². The lowest BCUT2D eigenvalue weighted by molar-refractivity contribution is -0.599. The first-order valence-corrected chi connectivity index (χ1v) is 17.0. The summed E-state index contributed by atoms with van der Waals surface area (Å²) in [5, 5.41) is 0. The molecule has 1 N–H and O–H groups in total. The molecule has 48 heavy (non-hydrogen) atoms. The minimum Gasteiger partial charge on any atom is -0.459 e. The van der Waals surface area contributed by atoms with Crippen LogP contribution in [0.2, 0.25) is 0 Å². The smallest absolute Gasteiger partial charge is 0.365 e. The highest BCUT2D eigenvalue weighted by Gasteiger charge is 2.52. The number of carbonyl (C=O) groups excluding carboxylic acids is 3. The van der Waals surface area contributed by atoms with Crippen LogP contribution < -0.4 is 32.5 Å². The number of hydrogen-bond acceptors (Lipinski definition) is 9. The monoisotopic (exact) mass is 759 g/mol. The summed E-state index contributed by atoms with van der Waals surface area (Å²) in [7, 11) is 0. The highest BCUT2D eigenvalue weighted by molar-refractivity contribution is 5.91. The van der Waals surface area contributed by atoms with Crippen LogP contribution in [0.3, 0.4) is 0 Å². The lowest BCUT2D eigenvalue weighted by Crippen LogP contribution is -3.62. The summed E-state index contributed by atoms with van der Waals surface area (Å²) in [4.78, 5) is 68.3. The molecule has 1 fully saturated rings. The van der Waals surface area contributed by atoms with E-state index in [0.29, 0.717) is 3.57 Å². The minimum atomic E-state index is -1.41. The van der Waals surface area contributed by atoms with Gasteiger partial charge in [-0.25, -0.2) is 19.2 Å². The zero-order chi connectivity index (χ0) is 33.5. The van der Waals surface area contributed by atoms with Crippen molar-refractivity contribution in [3.05, 3.63) is 172 Å². The number of benzene rings is 4. The fraction of sp³-hybridized carbons (Fsp3) is 0.139. The molecule has 0 spiro atoms. The van der Waals surface area contributed by atoms with Crippen LogP contribution in [-0.4, -0.2) is 52.4 Å². The highest BCUT2D eigenvalue weighted by Crippen LogP contribution is 2.34. The highest BCUT2D eigenvalue weighted by atomic mass is 127. The van der Waals surface area contributed by atoms with Gasteiger partial charge in [-0.3, -0.25) is 14.3 Å². The van der Waals surface area contributed by atoms with E-state index in [1.54, 1.807) is 91.0 Å². The molecule has 1 saturated heterocycles. The third-order valence-corrected chi connectivity index (χ3v) is 10.0. The zero-order valence-corrected chi connectivity index (χ0v) is 27.3. The molecule has 0 radical (unpaired) electrons. The molecule has 11 nitrogen and oxygen atoms in total. The number of halogens is 1. The molecule has 0 saturated carbocycles. The van der Waals surface area contributed by atoms with Crippen molar-refractivity contribution in [3.8, 4) is 0 Å². The molecule has 4 aromatic carbocycles. The number of hydrogen-bond donors (Lipinski definition) is 1. The van der Waals surface area contributed by atoms with Gasteiger partial charge in [0.25, 0.3) is 3.57 Å². The Morgan fingerprint density at radius 2 is 1.15 bits per heavy atom. The topological polar surface area (TPSA) is 143 Å². The van der Waals surface area contributed by atoms with Gasteiger partial charge in [0, 0.05) is 0 Å². The van der Waals surface area contributed by atoms with Gasteiger partial charge in [0.05, 0.1) is 22.9 Å². The first-order valence-electron chi connectivity index (χ1n) is 14.8. The quantitative estimate of drug-likeness (QED) is 0.125. The molecule has 1 aliphatic heterocycles. The number of ether oxygens (including phenoxy) is 4. The Morgan fingerprint density at radius 1 is 0.667 bits per heavy atom. The van der Waals surface area contributed by atoms with E-state index in [4.69, 9.17) is 18.9 Å². The van der Waals surface area contributed by atoms with E-state index in [1.165, 1.54) is 6.20 Å². The van der Waals surface area contributed by atoms with Crippen LogP contribution in [0.15, 0.2) is 137 Å². The van der Waals surface area contributed by atoms with E-state index in [1.807, 2.05) is 30.3 Å². The summed E-state index contributed by atoms with van der Waals surface area (Å²) in [5.74, 6) is -2.19. The van der Waals surface area contributed by atoms with Crippen molar-refractivity contribution in [3.63, 3.8) is 0 Å². The molecule has 0 amide bonds. The Labute approximate surface area is 284 Å². The van der Waals surface area contributed by atoms with E-state index in [-0.39, 0.29) is 16.7 Å². The van der Waals surface area contributed by atoms with Crippen molar-refractivity contribution < 1.29 is 54.5 Å². The molecule has 2 heterocycles. The molecule has 5 aromatic rings. The molecule has 242 valence electrons. The molecule has 0 bridgehead atoms. The number of H-pyrrole nitrogens is 1. The number of rotatable bonds is 10. The zero-order valence-electron chi connectivity index (χ0n) is 25.1. The number of nitrogens with zero attached hydrogens (tertiary/aromatic N) is 1. The summed E-state index contributed by atoms with van der Waals surface area (Å²) < 4.78 is 26.1. The first kappa shape index (κ1) is 32.6. The molecule has 1 aliphatic rings. The Balaban J connectivity index is 1.39. The average molecular weight is 760 g/mol. The Kier molecular flexibility index (Phi) is 10.2. The molecule has 1 aromatic heterocycles. The normalized spacial score (nSPS) is 18.5. The lowest BCUT2D eigenvalue weighted by atomic mass is 10.1. The number of aromatic nitrogens is 2. The Bertz CT molecular complexity index is 2000. The number of esters is 3. The van der Waals surface area contributed by atoms with Gasteiger partial charge in [0.15, 0.2) is 22.0 Å². The third-order valence-electron chi connectivity index (χ3n) is 7.32. The van der Waals surface area contributed by atoms with E-state index in [2.05, 4.69) is 4.98 Å². The fourth-order valence-corrected chi connectivity index (χ4v) is 7.26. The van der Waals surface area contributed by atoms with Crippen molar-refractivity contribution in [1.82, 2.24) is 9.55 Å². The SMILES string of the molecule is O=C(OC[C@H]1O[C@@H](n2cc([I+]c3ccccc3)c(=O)[nH]c2=O)[C@H](OC(=O)c2ccccc2)[C@@H]1OC(=O)c1ccccc1)c1ccccc1. The van der Waals surface area contributed by atoms with Gasteiger partial charge in [-0.15, -0.1) is 0 Å². The van der Waals surface area contributed by atoms with Gasteiger partial charge in [-0.05, 0) is 48.5 Å². The van der Waals surface area contributed by atoms with Gasteiger partial charge >= 0.3 is 50.4 Å². The summed E-state index contributed by atoms with van der Waals surface area (Å²) in [6.07, 6.45) is -3.93.